The summed E-state index contributed by atoms with van der Waals surface area (Å²) in [6.07, 6.45) is 1.54. The Balaban J connectivity index is 1.52. The van der Waals surface area contributed by atoms with Gasteiger partial charge in [-0.05, 0) is 30.7 Å². The molecule has 8 heteroatoms. The molecule has 0 aliphatic carbocycles. The molecule has 0 saturated heterocycles. The third-order valence-electron chi connectivity index (χ3n) is 4.95. The van der Waals surface area contributed by atoms with E-state index in [4.69, 9.17) is 4.74 Å². The predicted molar refractivity (Wildman–Crippen MR) is 122 cm³/mol. The van der Waals surface area contributed by atoms with Crippen LogP contribution in [-0.2, 0) is 11.3 Å². The molecule has 0 bridgehead atoms. The molecule has 1 aromatic heterocycles. The van der Waals surface area contributed by atoms with Gasteiger partial charge >= 0.3 is 0 Å². The highest BCUT2D eigenvalue weighted by molar-refractivity contribution is 9.10. The van der Waals surface area contributed by atoms with Crippen molar-refractivity contribution in [1.82, 2.24) is 14.9 Å². The van der Waals surface area contributed by atoms with E-state index in [-0.39, 0.29) is 23.3 Å². The molecule has 3 aromatic rings. The molecule has 1 aliphatic heterocycles. The van der Waals surface area contributed by atoms with Crippen molar-refractivity contribution in [2.45, 2.75) is 37.5 Å². The van der Waals surface area contributed by atoms with Crippen LogP contribution in [0.1, 0.15) is 31.4 Å². The molecule has 2 aromatic carbocycles. The molecule has 0 radical (unpaired) electrons. The van der Waals surface area contributed by atoms with Crippen molar-refractivity contribution >= 4 is 44.5 Å². The van der Waals surface area contributed by atoms with Gasteiger partial charge in [-0.15, -0.1) is 0 Å². The Morgan fingerprint density at radius 1 is 1.33 bits per heavy atom. The maximum absolute atomic E-state index is 13.0. The Morgan fingerprint density at radius 3 is 3.00 bits per heavy atom. The van der Waals surface area contributed by atoms with Crippen molar-refractivity contribution in [3.63, 3.8) is 0 Å². The summed E-state index contributed by atoms with van der Waals surface area (Å²) in [4.78, 5) is 30.3. The van der Waals surface area contributed by atoms with Crippen molar-refractivity contribution in [1.29, 1.82) is 0 Å². The van der Waals surface area contributed by atoms with Gasteiger partial charge in [-0.3, -0.25) is 14.2 Å². The molecular formula is C22H22BrN3O3S. The van der Waals surface area contributed by atoms with E-state index in [2.05, 4.69) is 26.2 Å². The summed E-state index contributed by atoms with van der Waals surface area (Å²) >= 11 is 4.71. The number of carbonyl (C=O) groups excluding carboxylic acids is 1. The maximum atomic E-state index is 13.0. The molecular weight excluding hydrogens is 466 g/mol. The number of halogens is 1. The Bertz CT molecular complexity index is 1150. The molecule has 1 unspecified atom stereocenters. The minimum atomic E-state index is -0.0881. The Kier molecular flexibility index (Phi) is 6.43. The minimum absolute atomic E-state index is 0.0669. The monoisotopic (exact) mass is 487 g/mol. The van der Waals surface area contributed by atoms with Gasteiger partial charge in [-0.2, -0.15) is 0 Å². The van der Waals surface area contributed by atoms with E-state index in [1.54, 1.807) is 10.6 Å². The summed E-state index contributed by atoms with van der Waals surface area (Å²) in [5, 5.41) is 4.24. The molecule has 0 spiro atoms. The predicted octanol–water partition coefficient (Wildman–Crippen LogP) is 4.30. The zero-order valence-electron chi connectivity index (χ0n) is 16.6. The number of nitrogens with one attached hydrogen (secondary N) is 1. The summed E-state index contributed by atoms with van der Waals surface area (Å²) in [5.74, 6) is 0.924. The van der Waals surface area contributed by atoms with E-state index in [9.17, 15) is 9.59 Å². The molecule has 1 atom stereocenters. The molecule has 6 nitrogen and oxygen atoms in total. The first-order valence-electron chi connectivity index (χ1n) is 9.91. The number of ether oxygens (including phenoxy) is 1. The third kappa shape index (κ3) is 4.39. The van der Waals surface area contributed by atoms with Crippen LogP contribution in [0.25, 0.3) is 10.9 Å². The number of carbonyl (C=O) groups is 1. The summed E-state index contributed by atoms with van der Waals surface area (Å²) in [5.41, 5.74) is 1.56. The molecule has 4 rings (SSSR count). The Hall–Kier alpha value is -2.32. The summed E-state index contributed by atoms with van der Waals surface area (Å²) < 4.78 is 8.17. The fourth-order valence-corrected chi connectivity index (χ4v) is 4.76. The number of nitrogens with zero attached hydrogens (tertiary/aromatic N) is 2. The van der Waals surface area contributed by atoms with Gasteiger partial charge < -0.3 is 10.1 Å². The highest BCUT2D eigenvalue weighted by Gasteiger charge is 2.23. The molecule has 1 aliphatic rings. The van der Waals surface area contributed by atoms with Gasteiger partial charge in [0.2, 0.25) is 5.91 Å². The van der Waals surface area contributed by atoms with Crippen LogP contribution >= 0.6 is 27.7 Å². The molecule has 2 heterocycles. The third-order valence-corrected chi connectivity index (χ3v) is 6.42. The zero-order valence-corrected chi connectivity index (χ0v) is 19.0. The molecule has 30 heavy (non-hydrogen) atoms. The van der Waals surface area contributed by atoms with Crippen LogP contribution in [0.2, 0.25) is 0 Å². The lowest BCUT2D eigenvalue weighted by Gasteiger charge is -2.26. The van der Waals surface area contributed by atoms with Crippen molar-refractivity contribution in [3.8, 4) is 5.75 Å². The van der Waals surface area contributed by atoms with Crippen molar-refractivity contribution in [3.05, 3.63) is 62.9 Å². The topological polar surface area (TPSA) is 73.2 Å². The van der Waals surface area contributed by atoms with Crippen molar-refractivity contribution < 1.29 is 9.53 Å². The molecule has 1 amide bonds. The normalized spacial score (nSPS) is 15.5. The molecule has 0 fully saturated rings. The van der Waals surface area contributed by atoms with Gasteiger partial charge in [-0.1, -0.05) is 52.8 Å². The first-order valence-corrected chi connectivity index (χ1v) is 11.7. The first kappa shape index (κ1) is 20.9. The molecule has 156 valence electrons. The maximum Gasteiger partial charge on any atom is 0.262 e. The number of fused-ring (bicyclic) bond motifs is 2. The lowest BCUT2D eigenvalue weighted by molar-refractivity contribution is -0.119. The van der Waals surface area contributed by atoms with Gasteiger partial charge in [0.15, 0.2) is 5.16 Å². The average Bonchev–Trinajstić information content (AvgIpc) is 2.75. The lowest BCUT2D eigenvalue weighted by Crippen LogP contribution is -2.33. The van der Waals surface area contributed by atoms with Crippen LogP contribution in [0.5, 0.6) is 5.75 Å². The van der Waals surface area contributed by atoms with E-state index in [0.717, 1.165) is 28.6 Å². The number of benzene rings is 2. The quantitative estimate of drug-likeness (QED) is 0.414. The largest absolute Gasteiger partial charge is 0.493 e. The fraction of sp³-hybridized carbons (Fsp3) is 0.318. The average molecular weight is 488 g/mol. The van der Waals surface area contributed by atoms with Gasteiger partial charge in [-0.25, -0.2) is 4.98 Å². The van der Waals surface area contributed by atoms with Crippen LogP contribution in [0.3, 0.4) is 0 Å². The van der Waals surface area contributed by atoms with E-state index in [1.807, 2.05) is 43.3 Å². The molecule has 0 saturated carbocycles. The van der Waals surface area contributed by atoms with E-state index in [1.165, 1.54) is 11.8 Å². The van der Waals surface area contributed by atoms with Crippen molar-refractivity contribution in [2.24, 2.45) is 0 Å². The Labute approximate surface area is 187 Å². The second kappa shape index (κ2) is 9.22. The number of amides is 1. The number of thioether (sulfide) groups is 1. The van der Waals surface area contributed by atoms with Gasteiger partial charge in [0.05, 0.1) is 29.3 Å². The Morgan fingerprint density at radius 2 is 2.17 bits per heavy atom. The number of hydrogen-bond donors (Lipinski definition) is 1. The van der Waals surface area contributed by atoms with E-state index in [0.29, 0.717) is 29.2 Å². The second-order valence-electron chi connectivity index (χ2n) is 7.10. The smallest absolute Gasteiger partial charge is 0.262 e. The zero-order chi connectivity index (χ0) is 21.1. The summed E-state index contributed by atoms with van der Waals surface area (Å²) in [6, 6.07) is 13.2. The standard InChI is InChI=1S/C22H22BrN3O3S/c1-2-10-26-21(28)16-12-14(23)7-8-17(16)25-22(26)30-13-20(27)24-18-9-11-29-19-6-4-3-5-15(18)19/h3-8,12,18H,2,9-11,13H2,1H3,(H,24,27). The van der Waals surface area contributed by atoms with Crippen LogP contribution in [0.15, 0.2) is 56.9 Å². The summed E-state index contributed by atoms with van der Waals surface area (Å²) in [7, 11) is 0. The number of para-hydroxylation sites is 1. The minimum Gasteiger partial charge on any atom is -0.493 e. The highest BCUT2D eigenvalue weighted by Crippen LogP contribution is 2.31. The van der Waals surface area contributed by atoms with Crippen LogP contribution in [-0.4, -0.2) is 27.8 Å². The lowest BCUT2D eigenvalue weighted by atomic mass is 10.0. The van der Waals surface area contributed by atoms with Crippen LogP contribution in [0, 0.1) is 0 Å². The van der Waals surface area contributed by atoms with Crippen LogP contribution in [0.4, 0.5) is 0 Å². The fourth-order valence-electron chi connectivity index (χ4n) is 3.56. The number of aromatic nitrogens is 2. The van der Waals surface area contributed by atoms with E-state index >= 15 is 0 Å². The first-order chi connectivity index (χ1) is 14.6. The van der Waals surface area contributed by atoms with Crippen LogP contribution < -0.4 is 15.6 Å². The number of rotatable bonds is 6. The molecule has 1 N–H and O–H groups in total. The second-order valence-corrected chi connectivity index (χ2v) is 8.95. The van der Waals surface area contributed by atoms with Gasteiger partial charge in [0.25, 0.3) is 5.56 Å². The SMILES string of the molecule is CCCn1c(SCC(=O)NC2CCOc3ccccc32)nc2ccc(Br)cc2c1=O. The summed E-state index contributed by atoms with van der Waals surface area (Å²) in [6.45, 7) is 3.15. The van der Waals surface area contributed by atoms with Gasteiger partial charge in [0, 0.05) is 23.0 Å². The number of hydrogen-bond acceptors (Lipinski definition) is 5. The van der Waals surface area contributed by atoms with Crippen molar-refractivity contribution in [2.75, 3.05) is 12.4 Å². The van der Waals surface area contributed by atoms with E-state index < -0.39 is 0 Å². The highest BCUT2D eigenvalue weighted by atomic mass is 79.9. The van der Waals surface area contributed by atoms with Gasteiger partial charge in [0.1, 0.15) is 5.75 Å².